The quantitative estimate of drug-likeness (QED) is 0.448. The van der Waals surface area contributed by atoms with E-state index in [-0.39, 0.29) is 17.1 Å². The van der Waals surface area contributed by atoms with Crippen molar-refractivity contribution in [1.29, 1.82) is 0 Å². The Bertz CT molecular complexity index is 553. The van der Waals surface area contributed by atoms with Gasteiger partial charge in [-0.3, -0.25) is 0 Å². The number of hydrogen-bond donors (Lipinski definition) is 0. The van der Waals surface area contributed by atoms with Crippen LogP contribution in [0.15, 0.2) is 48.7 Å². The molecule has 0 aliphatic carbocycles. The molecule has 0 saturated carbocycles. The Labute approximate surface area is 97.8 Å². The van der Waals surface area contributed by atoms with E-state index in [1.165, 1.54) is 10.8 Å². The van der Waals surface area contributed by atoms with Crippen LogP contribution < -0.4 is 0 Å². The number of aromatic nitrogens is 2. The fraction of sp³-hybridized carbons (Fsp3) is 0. The van der Waals surface area contributed by atoms with Crippen molar-refractivity contribution >= 4 is 21.7 Å². The van der Waals surface area contributed by atoms with Gasteiger partial charge in [-0.05, 0) is 22.9 Å². The number of rotatable bonds is 0. The van der Waals surface area contributed by atoms with Crippen LogP contribution in [0.4, 0.5) is 0 Å². The molecule has 15 heavy (non-hydrogen) atoms. The Balaban J connectivity index is 0.000000853. The standard InChI is InChI=1S/C12H8N2.Cu/c1-2-4-10-9(3-1)5-6-12-11(10)7-8-13-14-12;/h1-8H;. The van der Waals surface area contributed by atoms with Gasteiger partial charge in [0.05, 0.1) is 11.7 Å². The molecule has 0 fully saturated rings. The molecule has 2 nitrogen and oxygen atoms in total. The predicted molar refractivity (Wildman–Crippen MR) is 57.0 cm³/mol. The summed E-state index contributed by atoms with van der Waals surface area (Å²) >= 11 is 0. The molecular weight excluding hydrogens is 236 g/mol. The zero-order chi connectivity index (χ0) is 9.38. The maximum absolute atomic E-state index is 4.08. The van der Waals surface area contributed by atoms with Gasteiger partial charge in [0.1, 0.15) is 0 Å². The summed E-state index contributed by atoms with van der Waals surface area (Å²) in [4.78, 5) is 0. The molecule has 0 spiro atoms. The summed E-state index contributed by atoms with van der Waals surface area (Å²) in [7, 11) is 0. The molecule has 3 aromatic rings. The minimum Gasteiger partial charge on any atom is -0.159 e. The van der Waals surface area contributed by atoms with Gasteiger partial charge in [0.25, 0.3) is 0 Å². The molecule has 77 valence electrons. The third kappa shape index (κ3) is 1.60. The van der Waals surface area contributed by atoms with Gasteiger partial charge in [-0.15, -0.1) is 0 Å². The summed E-state index contributed by atoms with van der Waals surface area (Å²) in [5, 5.41) is 11.6. The van der Waals surface area contributed by atoms with Crippen molar-refractivity contribution in [3.05, 3.63) is 48.7 Å². The third-order valence-corrected chi connectivity index (χ3v) is 2.42. The topological polar surface area (TPSA) is 25.8 Å². The van der Waals surface area contributed by atoms with Gasteiger partial charge in [0.15, 0.2) is 0 Å². The van der Waals surface area contributed by atoms with Crippen LogP contribution in [0.3, 0.4) is 0 Å². The molecule has 0 aliphatic heterocycles. The van der Waals surface area contributed by atoms with E-state index in [2.05, 4.69) is 28.4 Å². The summed E-state index contributed by atoms with van der Waals surface area (Å²) in [6.07, 6.45) is 1.73. The fourth-order valence-corrected chi connectivity index (χ4v) is 1.75. The molecular formula is C12H8CuN2. The number of nitrogens with zero attached hydrogens (tertiary/aromatic N) is 2. The second kappa shape index (κ2) is 3.97. The molecule has 0 unspecified atom stereocenters. The first-order chi connectivity index (χ1) is 6.95. The summed E-state index contributed by atoms with van der Waals surface area (Å²) in [6.45, 7) is 0. The smallest absolute Gasteiger partial charge is 0.0936 e. The summed E-state index contributed by atoms with van der Waals surface area (Å²) in [6, 6.07) is 14.4. The van der Waals surface area contributed by atoms with Gasteiger partial charge in [0, 0.05) is 22.5 Å². The maximum atomic E-state index is 4.08. The summed E-state index contributed by atoms with van der Waals surface area (Å²) in [5.74, 6) is 0. The molecule has 3 rings (SSSR count). The van der Waals surface area contributed by atoms with Gasteiger partial charge in [-0.25, -0.2) is 0 Å². The van der Waals surface area contributed by atoms with E-state index in [1.807, 2.05) is 24.3 Å². The van der Waals surface area contributed by atoms with Crippen LogP contribution in [-0.2, 0) is 17.1 Å². The van der Waals surface area contributed by atoms with Crippen molar-refractivity contribution in [2.75, 3.05) is 0 Å². The molecule has 2 aromatic carbocycles. The van der Waals surface area contributed by atoms with E-state index in [9.17, 15) is 0 Å². The van der Waals surface area contributed by atoms with Gasteiger partial charge < -0.3 is 0 Å². The molecule has 0 saturated heterocycles. The largest absolute Gasteiger partial charge is 0.159 e. The van der Waals surface area contributed by atoms with Crippen LogP contribution in [0, 0.1) is 0 Å². The van der Waals surface area contributed by atoms with Crippen LogP contribution in [0.2, 0.25) is 0 Å². The van der Waals surface area contributed by atoms with Crippen LogP contribution in [-0.4, -0.2) is 10.2 Å². The molecule has 0 aliphatic rings. The first-order valence-electron chi connectivity index (χ1n) is 4.54. The molecule has 0 N–H and O–H groups in total. The first kappa shape index (κ1) is 10.1. The minimum atomic E-state index is 0. The van der Waals surface area contributed by atoms with Crippen molar-refractivity contribution in [3.63, 3.8) is 0 Å². The van der Waals surface area contributed by atoms with Gasteiger partial charge in [-0.2, -0.15) is 10.2 Å². The summed E-state index contributed by atoms with van der Waals surface area (Å²) < 4.78 is 0. The van der Waals surface area contributed by atoms with E-state index >= 15 is 0 Å². The Morgan fingerprint density at radius 2 is 1.67 bits per heavy atom. The minimum absolute atomic E-state index is 0. The Kier molecular flexibility index (Phi) is 2.67. The number of hydrogen-bond acceptors (Lipinski definition) is 2. The van der Waals surface area contributed by atoms with Crippen molar-refractivity contribution in [2.24, 2.45) is 0 Å². The van der Waals surface area contributed by atoms with Crippen molar-refractivity contribution in [3.8, 4) is 0 Å². The average molecular weight is 244 g/mol. The zero-order valence-corrected chi connectivity index (χ0v) is 8.76. The van der Waals surface area contributed by atoms with Crippen molar-refractivity contribution in [1.82, 2.24) is 10.2 Å². The van der Waals surface area contributed by atoms with E-state index in [4.69, 9.17) is 0 Å². The normalized spacial score (nSPS) is 10.1. The van der Waals surface area contributed by atoms with Crippen LogP contribution in [0.1, 0.15) is 0 Å². The molecule has 1 aromatic heterocycles. The molecule has 1 radical (unpaired) electrons. The molecule has 1 heterocycles. The molecule has 0 atom stereocenters. The van der Waals surface area contributed by atoms with Crippen LogP contribution >= 0.6 is 0 Å². The van der Waals surface area contributed by atoms with E-state index in [1.54, 1.807) is 6.20 Å². The van der Waals surface area contributed by atoms with Crippen molar-refractivity contribution in [2.45, 2.75) is 0 Å². The molecule has 0 amide bonds. The summed E-state index contributed by atoms with van der Waals surface area (Å²) in [5.41, 5.74) is 0.950. The van der Waals surface area contributed by atoms with Gasteiger partial charge >= 0.3 is 0 Å². The predicted octanol–water partition coefficient (Wildman–Crippen LogP) is 2.78. The van der Waals surface area contributed by atoms with Gasteiger partial charge in [-0.1, -0.05) is 30.3 Å². The second-order valence-corrected chi connectivity index (χ2v) is 3.25. The van der Waals surface area contributed by atoms with E-state index in [0.717, 1.165) is 10.9 Å². The second-order valence-electron chi connectivity index (χ2n) is 3.25. The molecule has 3 heteroatoms. The van der Waals surface area contributed by atoms with Crippen molar-refractivity contribution < 1.29 is 17.1 Å². The molecule has 0 bridgehead atoms. The van der Waals surface area contributed by atoms with Gasteiger partial charge in [0.2, 0.25) is 0 Å². The Morgan fingerprint density at radius 3 is 2.60 bits per heavy atom. The Morgan fingerprint density at radius 1 is 0.800 bits per heavy atom. The first-order valence-corrected chi connectivity index (χ1v) is 4.54. The maximum Gasteiger partial charge on any atom is 0.0936 e. The van der Waals surface area contributed by atoms with E-state index < -0.39 is 0 Å². The van der Waals surface area contributed by atoms with E-state index in [0.29, 0.717) is 0 Å². The monoisotopic (exact) mass is 243 g/mol. The fourth-order valence-electron chi connectivity index (χ4n) is 1.75. The third-order valence-electron chi connectivity index (χ3n) is 2.42. The van der Waals surface area contributed by atoms with Crippen LogP contribution in [0.5, 0.6) is 0 Å². The SMILES string of the molecule is [Cu].c1ccc2c(c1)ccc1nnccc12. The number of fused-ring (bicyclic) bond motifs is 3. The average Bonchev–Trinajstić information content (AvgIpc) is 2.29. The van der Waals surface area contributed by atoms with Crippen LogP contribution in [0.25, 0.3) is 21.7 Å². The Hall–Kier alpha value is -1.44. The zero-order valence-electron chi connectivity index (χ0n) is 7.81. The number of benzene rings is 2.